The molecule has 1 saturated heterocycles. The molecule has 20 heavy (non-hydrogen) atoms. The zero-order valence-electron chi connectivity index (χ0n) is 11.8. The van der Waals surface area contributed by atoms with E-state index >= 15 is 0 Å². The SMILES string of the molecule is CCC1(CC)C(=O)NCC(=O)N1Cc1ccccc1Br. The van der Waals surface area contributed by atoms with Crippen molar-refractivity contribution in [1.82, 2.24) is 10.2 Å². The number of nitrogens with one attached hydrogen (secondary N) is 1. The second-order valence-electron chi connectivity index (χ2n) is 4.99. The number of nitrogens with zero attached hydrogens (tertiary/aromatic N) is 1. The predicted octanol–water partition coefficient (Wildman–Crippen LogP) is 2.47. The summed E-state index contributed by atoms with van der Waals surface area (Å²) in [5, 5.41) is 2.71. The third-order valence-electron chi connectivity index (χ3n) is 4.10. The van der Waals surface area contributed by atoms with Crippen molar-refractivity contribution in [3.05, 3.63) is 34.3 Å². The molecule has 1 aliphatic rings. The summed E-state index contributed by atoms with van der Waals surface area (Å²) >= 11 is 3.50. The lowest BCUT2D eigenvalue weighted by Gasteiger charge is -2.45. The maximum absolute atomic E-state index is 12.3. The Morgan fingerprint density at radius 3 is 2.50 bits per heavy atom. The van der Waals surface area contributed by atoms with Gasteiger partial charge in [-0.3, -0.25) is 9.59 Å². The first kappa shape index (κ1) is 15.0. The average molecular weight is 339 g/mol. The highest BCUT2D eigenvalue weighted by molar-refractivity contribution is 9.10. The van der Waals surface area contributed by atoms with Crippen LogP contribution in [0.2, 0.25) is 0 Å². The first-order valence-corrected chi connectivity index (χ1v) is 7.66. The van der Waals surface area contributed by atoms with Gasteiger partial charge in [-0.1, -0.05) is 48.0 Å². The van der Waals surface area contributed by atoms with Crippen molar-refractivity contribution >= 4 is 27.7 Å². The van der Waals surface area contributed by atoms with E-state index in [1.165, 1.54) is 0 Å². The maximum Gasteiger partial charge on any atom is 0.246 e. The smallest absolute Gasteiger partial charge is 0.246 e. The van der Waals surface area contributed by atoms with Crippen molar-refractivity contribution in [2.24, 2.45) is 0 Å². The van der Waals surface area contributed by atoms with Crippen LogP contribution in [-0.2, 0) is 16.1 Å². The van der Waals surface area contributed by atoms with E-state index in [1.54, 1.807) is 4.90 Å². The van der Waals surface area contributed by atoms with Crippen molar-refractivity contribution in [3.8, 4) is 0 Å². The summed E-state index contributed by atoms with van der Waals surface area (Å²) in [5.41, 5.74) is 0.284. The van der Waals surface area contributed by atoms with E-state index in [-0.39, 0.29) is 18.4 Å². The summed E-state index contributed by atoms with van der Waals surface area (Å²) < 4.78 is 0.958. The molecule has 0 saturated carbocycles. The first-order chi connectivity index (χ1) is 9.55. The second-order valence-corrected chi connectivity index (χ2v) is 5.85. The van der Waals surface area contributed by atoms with Gasteiger partial charge in [0.15, 0.2) is 0 Å². The zero-order valence-corrected chi connectivity index (χ0v) is 13.4. The van der Waals surface area contributed by atoms with Crippen LogP contribution in [-0.4, -0.2) is 28.8 Å². The Bertz CT molecular complexity index is 526. The van der Waals surface area contributed by atoms with Crippen molar-refractivity contribution in [2.45, 2.75) is 38.8 Å². The lowest BCUT2D eigenvalue weighted by atomic mass is 9.87. The first-order valence-electron chi connectivity index (χ1n) is 6.87. The molecular weight excluding hydrogens is 320 g/mol. The molecule has 1 aromatic carbocycles. The molecule has 1 heterocycles. The lowest BCUT2D eigenvalue weighted by Crippen LogP contribution is -2.66. The summed E-state index contributed by atoms with van der Waals surface area (Å²) in [6.45, 7) is 4.45. The number of hydrogen-bond acceptors (Lipinski definition) is 2. The standard InChI is InChI=1S/C15H19BrN2O2/c1-3-15(4-2)14(20)17-9-13(19)18(15)10-11-7-5-6-8-12(11)16/h5-8H,3-4,9-10H2,1-2H3,(H,17,20). The molecule has 0 unspecified atom stereocenters. The molecule has 1 N–H and O–H groups in total. The van der Waals surface area contributed by atoms with E-state index < -0.39 is 5.54 Å². The molecule has 2 rings (SSSR count). The average Bonchev–Trinajstić information content (AvgIpc) is 2.46. The fraction of sp³-hybridized carbons (Fsp3) is 0.467. The molecule has 0 radical (unpaired) electrons. The zero-order chi connectivity index (χ0) is 14.8. The van der Waals surface area contributed by atoms with Gasteiger partial charge in [0, 0.05) is 11.0 Å². The minimum Gasteiger partial charge on any atom is -0.345 e. The van der Waals surface area contributed by atoms with Crippen molar-refractivity contribution in [1.29, 1.82) is 0 Å². The van der Waals surface area contributed by atoms with Gasteiger partial charge in [-0.15, -0.1) is 0 Å². The maximum atomic E-state index is 12.3. The number of carbonyl (C=O) groups excluding carboxylic acids is 2. The minimum absolute atomic E-state index is 0.0240. The van der Waals surface area contributed by atoms with Gasteiger partial charge in [-0.2, -0.15) is 0 Å². The number of amides is 2. The number of piperazine rings is 1. The largest absolute Gasteiger partial charge is 0.345 e. The molecule has 108 valence electrons. The van der Waals surface area contributed by atoms with Crippen LogP contribution in [0.15, 0.2) is 28.7 Å². The summed E-state index contributed by atoms with van der Waals surface area (Å²) in [5.74, 6) is -0.0711. The van der Waals surface area contributed by atoms with Crippen molar-refractivity contribution in [2.75, 3.05) is 6.54 Å². The summed E-state index contributed by atoms with van der Waals surface area (Å²) in [6.07, 6.45) is 1.23. The molecule has 0 atom stereocenters. The molecule has 5 heteroatoms. The Kier molecular flexibility index (Phi) is 4.48. The van der Waals surface area contributed by atoms with Gasteiger partial charge in [0.25, 0.3) is 0 Å². The highest BCUT2D eigenvalue weighted by Crippen LogP contribution is 2.30. The molecule has 1 aromatic rings. The fourth-order valence-electron chi connectivity index (χ4n) is 2.77. The van der Waals surface area contributed by atoms with Crippen LogP contribution < -0.4 is 5.32 Å². The highest BCUT2D eigenvalue weighted by atomic mass is 79.9. The monoisotopic (exact) mass is 338 g/mol. The van der Waals surface area contributed by atoms with Crippen LogP contribution >= 0.6 is 15.9 Å². The minimum atomic E-state index is -0.732. The van der Waals surface area contributed by atoms with Crippen LogP contribution in [0, 0.1) is 0 Å². The van der Waals surface area contributed by atoms with Crippen molar-refractivity contribution < 1.29 is 9.59 Å². The molecule has 4 nitrogen and oxygen atoms in total. The third-order valence-corrected chi connectivity index (χ3v) is 4.87. The van der Waals surface area contributed by atoms with E-state index in [0.717, 1.165) is 10.0 Å². The molecule has 0 bridgehead atoms. The molecule has 0 spiro atoms. The van der Waals surface area contributed by atoms with E-state index in [0.29, 0.717) is 19.4 Å². The summed E-state index contributed by atoms with van der Waals surface area (Å²) in [6, 6.07) is 7.79. The summed E-state index contributed by atoms with van der Waals surface area (Å²) in [7, 11) is 0. The van der Waals surface area contributed by atoms with Crippen LogP contribution in [0.25, 0.3) is 0 Å². The van der Waals surface area contributed by atoms with Crippen LogP contribution in [0.4, 0.5) is 0 Å². The fourth-order valence-corrected chi connectivity index (χ4v) is 3.18. The molecule has 2 amide bonds. The van der Waals surface area contributed by atoms with Gasteiger partial charge in [0.05, 0.1) is 6.54 Å². The van der Waals surface area contributed by atoms with Gasteiger partial charge in [0.2, 0.25) is 11.8 Å². The Morgan fingerprint density at radius 2 is 1.90 bits per heavy atom. The van der Waals surface area contributed by atoms with Gasteiger partial charge in [-0.05, 0) is 24.5 Å². The lowest BCUT2D eigenvalue weighted by molar-refractivity contribution is -0.155. The Morgan fingerprint density at radius 1 is 1.25 bits per heavy atom. The quantitative estimate of drug-likeness (QED) is 0.916. The topological polar surface area (TPSA) is 49.4 Å². The van der Waals surface area contributed by atoms with Crippen molar-refractivity contribution in [3.63, 3.8) is 0 Å². The summed E-state index contributed by atoms with van der Waals surface area (Å²) in [4.78, 5) is 26.3. The Balaban J connectivity index is 2.37. The molecule has 0 aromatic heterocycles. The number of hydrogen-bond donors (Lipinski definition) is 1. The molecular formula is C15H19BrN2O2. The normalized spacial score (nSPS) is 18.1. The number of benzene rings is 1. The van der Waals surface area contributed by atoms with Crippen LogP contribution in [0.5, 0.6) is 0 Å². The Hall–Kier alpha value is -1.36. The molecule has 1 aliphatic heterocycles. The van der Waals surface area contributed by atoms with Gasteiger partial charge in [0.1, 0.15) is 5.54 Å². The van der Waals surface area contributed by atoms with Crippen LogP contribution in [0.1, 0.15) is 32.3 Å². The van der Waals surface area contributed by atoms with Crippen LogP contribution in [0.3, 0.4) is 0 Å². The predicted molar refractivity (Wildman–Crippen MR) is 81.0 cm³/mol. The van der Waals surface area contributed by atoms with E-state index in [2.05, 4.69) is 21.2 Å². The highest BCUT2D eigenvalue weighted by Gasteiger charge is 2.46. The van der Waals surface area contributed by atoms with E-state index in [1.807, 2.05) is 38.1 Å². The molecule has 1 fully saturated rings. The van der Waals surface area contributed by atoms with Gasteiger partial charge >= 0.3 is 0 Å². The van der Waals surface area contributed by atoms with E-state index in [9.17, 15) is 9.59 Å². The molecule has 0 aliphatic carbocycles. The second kappa shape index (κ2) is 5.95. The number of halogens is 1. The third kappa shape index (κ3) is 2.46. The van der Waals surface area contributed by atoms with E-state index in [4.69, 9.17) is 0 Å². The van der Waals surface area contributed by atoms with Gasteiger partial charge in [-0.25, -0.2) is 0 Å². The Labute approximate surface area is 127 Å². The van der Waals surface area contributed by atoms with Gasteiger partial charge < -0.3 is 10.2 Å². The number of carbonyl (C=O) groups is 2. The number of rotatable bonds is 4.